The molecule has 6 heteroatoms. The Labute approximate surface area is 132 Å². The van der Waals surface area contributed by atoms with Crippen LogP contribution in [0.5, 0.6) is 0 Å². The van der Waals surface area contributed by atoms with E-state index in [2.05, 4.69) is 43.9 Å². The standard InChI is InChI=1S/C15H18BrN3O2/c16-13-2-1-3-14-12(13)8-11-9-17(4-5-19(11)14)10-18-6-7-21-15(18)20/h1-3,11H,4-10H2/t11-/m0/s1. The van der Waals surface area contributed by atoms with Gasteiger partial charge in [0.1, 0.15) is 6.61 Å². The molecule has 0 bridgehead atoms. The van der Waals surface area contributed by atoms with Gasteiger partial charge in [-0.1, -0.05) is 22.0 Å². The first-order valence-corrected chi connectivity index (χ1v) is 8.20. The van der Waals surface area contributed by atoms with Gasteiger partial charge in [-0.05, 0) is 24.1 Å². The molecule has 5 nitrogen and oxygen atoms in total. The molecule has 1 aromatic carbocycles. The van der Waals surface area contributed by atoms with Gasteiger partial charge in [-0.15, -0.1) is 0 Å². The highest BCUT2D eigenvalue weighted by atomic mass is 79.9. The highest BCUT2D eigenvalue weighted by molar-refractivity contribution is 9.10. The number of cyclic esters (lactones) is 1. The van der Waals surface area contributed by atoms with E-state index < -0.39 is 0 Å². The molecule has 1 aromatic rings. The zero-order valence-electron chi connectivity index (χ0n) is 11.8. The molecule has 3 aliphatic rings. The second-order valence-electron chi connectivity index (χ2n) is 5.89. The molecule has 0 N–H and O–H groups in total. The number of carbonyl (C=O) groups is 1. The normalized spacial score (nSPS) is 25.0. The summed E-state index contributed by atoms with van der Waals surface area (Å²) >= 11 is 3.67. The maximum absolute atomic E-state index is 11.6. The minimum absolute atomic E-state index is 0.171. The van der Waals surface area contributed by atoms with Crippen molar-refractivity contribution in [2.75, 3.05) is 44.4 Å². The largest absolute Gasteiger partial charge is 0.447 e. The van der Waals surface area contributed by atoms with E-state index in [1.165, 1.54) is 15.7 Å². The summed E-state index contributed by atoms with van der Waals surface area (Å²) in [4.78, 5) is 18.2. The van der Waals surface area contributed by atoms with Gasteiger partial charge in [0.15, 0.2) is 0 Å². The van der Waals surface area contributed by atoms with Gasteiger partial charge in [0.25, 0.3) is 0 Å². The van der Waals surface area contributed by atoms with Gasteiger partial charge in [0, 0.05) is 35.8 Å². The second kappa shape index (κ2) is 5.18. The lowest BCUT2D eigenvalue weighted by atomic mass is 10.1. The summed E-state index contributed by atoms with van der Waals surface area (Å²) in [6.07, 6.45) is 0.910. The molecule has 0 radical (unpaired) electrons. The van der Waals surface area contributed by atoms with Crippen molar-refractivity contribution < 1.29 is 9.53 Å². The number of benzene rings is 1. The van der Waals surface area contributed by atoms with Crippen LogP contribution in [0.15, 0.2) is 22.7 Å². The van der Waals surface area contributed by atoms with E-state index in [-0.39, 0.29) is 6.09 Å². The third-order valence-corrected chi connectivity index (χ3v) is 5.37. The number of halogens is 1. The molecule has 2 fully saturated rings. The molecule has 3 heterocycles. The number of hydrogen-bond donors (Lipinski definition) is 0. The van der Waals surface area contributed by atoms with Gasteiger partial charge in [-0.25, -0.2) is 4.79 Å². The summed E-state index contributed by atoms with van der Waals surface area (Å²) in [5.74, 6) is 0. The lowest BCUT2D eigenvalue weighted by molar-refractivity contribution is 0.120. The van der Waals surface area contributed by atoms with Crippen molar-refractivity contribution in [1.82, 2.24) is 9.80 Å². The van der Waals surface area contributed by atoms with Crippen LogP contribution in [0.4, 0.5) is 10.5 Å². The van der Waals surface area contributed by atoms with E-state index in [4.69, 9.17) is 4.74 Å². The molecule has 112 valence electrons. The lowest BCUT2D eigenvalue weighted by Gasteiger charge is -2.40. The number of rotatable bonds is 2. The van der Waals surface area contributed by atoms with Crippen LogP contribution in [0.2, 0.25) is 0 Å². The first kappa shape index (κ1) is 13.4. The third-order valence-electron chi connectivity index (χ3n) is 4.63. The molecule has 0 unspecified atom stereocenters. The van der Waals surface area contributed by atoms with Crippen molar-refractivity contribution in [3.05, 3.63) is 28.2 Å². The van der Waals surface area contributed by atoms with Crippen LogP contribution in [0, 0.1) is 0 Å². The highest BCUT2D eigenvalue weighted by Gasteiger charge is 2.36. The van der Waals surface area contributed by atoms with Crippen LogP contribution in [0.1, 0.15) is 5.56 Å². The fraction of sp³-hybridized carbons (Fsp3) is 0.533. The topological polar surface area (TPSA) is 36.0 Å². The number of piperazine rings is 1. The molecular weight excluding hydrogens is 334 g/mol. The predicted molar refractivity (Wildman–Crippen MR) is 83.5 cm³/mol. The summed E-state index contributed by atoms with van der Waals surface area (Å²) in [6.45, 7) is 4.96. The average molecular weight is 352 g/mol. The zero-order chi connectivity index (χ0) is 14.4. The summed E-state index contributed by atoms with van der Waals surface area (Å²) in [7, 11) is 0. The second-order valence-corrected chi connectivity index (χ2v) is 6.74. The molecule has 3 aliphatic heterocycles. The maximum atomic E-state index is 11.6. The number of carbonyl (C=O) groups excluding carboxylic acids is 1. The Morgan fingerprint density at radius 2 is 2.19 bits per heavy atom. The monoisotopic (exact) mass is 351 g/mol. The minimum Gasteiger partial charge on any atom is -0.447 e. The van der Waals surface area contributed by atoms with Gasteiger partial charge in [-0.2, -0.15) is 0 Å². The van der Waals surface area contributed by atoms with Crippen LogP contribution in [-0.4, -0.2) is 61.4 Å². The SMILES string of the molecule is O=C1OCCN1CN1CCN2c3cccc(Br)c3C[C@H]2C1. The predicted octanol–water partition coefficient (Wildman–Crippen LogP) is 1.91. The summed E-state index contributed by atoms with van der Waals surface area (Å²) in [5, 5.41) is 0. The number of ether oxygens (including phenoxy) is 1. The van der Waals surface area contributed by atoms with Crippen molar-refractivity contribution >= 4 is 27.7 Å². The van der Waals surface area contributed by atoms with Gasteiger partial charge in [-0.3, -0.25) is 9.80 Å². The van der Waals surface area contributed by atoms with Crippen molar-refractivity contribution in [2.24, 2.45) is 0 Å². The van der Waals surface area contributed by atoms with Gasteiger partial charge < -0.3 is 9.64 Å². The third kappa shape index (κ3) is 2.30. The van der Waals surface area contributed by atoms with E-state index in [0.29, 0.717) is 19.3 Å². The van der Waals surface area contributed by atoms with Crippen molar-refractivity contribution in [1.29, 1.82) is 0 Å². The van der Waals surface area contributed by atoms with E-state index in [9.17, 15) is 4.79 Å². The van der Waals surface area contributed by atoms with E-state index in [1.807, 2.05) is 0 Å². The molecule has 1 atom stereocenters. The first-order chi connectivity index (χ1) is 10.2. The Bertz CT molecular complexity index is 580. The average Bonchev–Trinajstić information content (AvgIpc) is 3.04. The number of nitrogens with zero attached hydrogens (tertiary/aromatic N) is 3. The van der Waals surface area contributed by atoms with Crippen LogP contribution in [-0.2, 0) is 11.2 Å². The smallest absolute Gasteiger partial charge is 0.410 e. The van der Waals surface area contributed by atoms with Crippen LogP contribution < -0.4 is 4.90 Å². The molecular formula is C15H18BrN3O2. The Morgan fingerprint density at radius 3 is 3.00 bits per heavy atom. The van der Waals surface area contributed by atoms with Crippen LogP contribution in [0.3, 0.4) is 0 Å². The summed E-state index contributed by atoms with van der Waals surface area (Å²) in [5.41, 5.74) is 2.79. The number of anilines is 1. The van der Waals surface area contributed by atoms with E-state index in [1.54, 1.807) is 4.90 Å². The molecule has 1 amide bonds. The van der Waals surface area contributed by atoms with Crippen molar-refractivity contribution in [3.8, 4) is 0 Å². The minimum atomic E-state index is -0.171. The van der Waals surface area contributed by atoms with Crippen LogP contribution in [0.25, 0.3) is 0 Å². The number of fused-ring (bicyclic) bond motifs is 3. The molecule has 0 aromatic heterocycles. The molecule has 0 saturated carbocycles. The quantitative estimate of drug-likeness (QED) is 0.815. The number of amides is 1. The molecule has 0 spiro atoms. The Hall–Kier alpha value is -1.27. The fourth-order valence-corrected chi connectivity index (χ4v) is 4.11. The Morgan fingerprint density at radius 1 is 1.29 bits per heavy atom. The highest BCUT2D eigenvalue weighted by Crippen LogP contribution is 2.38. The zero-order valence-corrected chi connectivity index (χ0v) is 13.4. The van der Waals surface area contributed by atoms with Crippen molar-refractivity contribution in [2.45, 2.75) is 12.5 Å². The van der Waals surface area contributed by atoms with Gasteiger partial charge in [0.05, 0.1) is 13.2 Å². The van der Waals surface area contributed by atoms with Crippen LogP contribution >= 0.6 is 15.9 Å². The molecule has 0 aliphatic carbocycles. The lowest BCUT2D eigenvalue weighted by Crippen LogP contribution is -2.54. The van der Waals surface area contributed by atoms with E-state index >= 15 is 0 Å². The van der Waals surface area contributed by atoms with Gasteiger partial charge >= 0.3 is 6.09 Å². The molecule has 21 heavy (non-hydrogen) atoms. The Kier molecular flexibility index (Phi) is 3.30. The van der Waals surface area contributed by atoms with Gasteiger partial charge in [0.2, 0.25) is 0 Å². The maximum Gasteiger partial charge on any atom is 0.410 e. The van der Waals surface area contributed by atoms with Crippen molar-refractivity contribution in [3.63, 3.8) is 0 Å². The first-order valence-electron chi connectivity index (χ1n) is 7.40. The van der Waals surface area contributed by atoms with E-state index in [0.717, 1.165) is 32.6 Å². The summed E-state index contributed by atoms with van der Waals surface area (Å²) in [6, 6.07) is 6.96. The fourth-order valence-electron chi connectivity index (χ4n) is 3.59. The number of hydrogen-bond acceptors (Lipinski definition) is 4. The Balaban J connectivity index is 1.46. The molecule has 2 saturated heterocycles. The molecule has 4 rings (SSSR count). The summed E-state index contributed by atoms with van der Waals surface area (Å²) < 4.78 is 6.22.